The Morgan fingerprint density at radius 3 is 2.56 bits per heavy atom. The van der Waals surface area contributed by atoms with E-state index >= 15 is 0 Å². The molecule has 0 bridgehead atoms. The smallest absolute Gasteiger partial charge is 0.313 e. The van der Waals surface area contributed by atoms with E-state index in [1.807, 2.05) is 0 Å². The molecule has 0 aromatic carbocycles. The van der Waals surface area contributed by atoms with E-state index in [0.29, 0.717) is 11.3 Å². The molecular formula is C21H23F2N5O4. The van der Waals surface area contributed by atoms with Crippen molar-refractivity contribution in [2.24, 2.45) is 11.7 Å². The molecule has 0 radical (unpaired) electrons. The zero-order chi connectivity index (χ0) is 23.6. The van der Waals surface area contributed by atoms with E-state index in [1.165, 1.54) is 32.5 Å². The standard InChI is InChI=1S/C21H23F2N5O4/c1-11-10-28(16(7-21(11,22)23)13-5-4-12(2)25-8-13)20(31)18(30)27-14-6-15(17(24)29)19(32-3)26-9-14/h4-6,8-9,11,16H,7,10H2,1-3H3,(H2,24,29)(H,27,30)/t11-,16-/m0/s1. The predicted octanol–water partition coefficient (Wildman–Crippen LogP) is 2.08. The van der Waals surface area contributed by atoms with Crippen molar-refractivity contribution in [1.82, 2.24) is 14.9 Å². The number of rotatable bonds is 4. The summed E-state index contributed by atoms with van der Waals surface area (Å²) in [6, 6.07) is 3.46. The van der Waals surface area contributed by atoms with Crippen LogP contribution in [-0.4, -0.2) is 52.2 Å². The van der Waals surface area contributed by atoms with Crippen molar-refractivity contribution in [1.29, 1.82) is 0 Å². The van der Waals surface area contributed by atoms with E-state index in [-0.39, 0.29) is 23.7 Å². The quantitative estimate of drug-likeness (QED) is 0.691. The number of pyridine rings is 2. The van der Waals surface area contributed by atoms with Crippen molar-refractivity contribution in [2.75, 3.05) is 19.0 Å². The van der Waals surface area contributed by atoms with Crippen LogP contribution in [0, 0.1) is 12.8 Å². The minimum absolute atomic E-state index is 0.0295. The molecule has 0 spiro atoms. The topological polar surface area (TPSA) is 128 Å². The van der Waals surface area contributed by atoms with Gasteiger partial charge in [-0.15, -0.1) is 0 Å². The van der Waals surface area contributed by atoms with Gasteiger partial charge in [0.25, 0.3) is 11.8 Å². The fraction of sp³-hybridized carbons (Fsp3) is 0.381. The van der Waals surface area contributed by atoms with Gasteiger partial charge < -0.3 is 20.7 Å². The summed E-state index contributed by atoms with van der Waals surface area (Å²) in [4.78, 5) is 46.3. The van der Waals surface area contributed by atoms with Crippen molar-refractivity contribution < 1.29 is 27.9 Å². The number of methoxy groups -OCH3 is 1. The van der Waals surface area contributed by atoms with E-state index in [0.717, 1.165) is 4.90 Å². The Labute approximate surface area is 183 Å². The third kappa shape index (κ3) is 4.66. The zero-order valence-electron chi connectivity index (χ0n) is 17.8. The Morgan fingerprint density at radius 1 is 1.25 bits per heavy atom. The Bertz CT molecular complexity index is 1040. The maximum atomic E-state index is 14.5. The van der Waals surface area contributed by atoms with Gasteiger partial charge in [0, 0.05) is 30.8 Å². The summed E-state index contributed by atoms with van der Waals surface area (Å²) in [5.74, 6) is -7.09. The second-order valence-corrected chi connectivity index (χ2v) is 7.67. The molecule has 0 aliphatic carbocycles. The number of aromatic nitrogens is 2. The maximum Gasteiger partial charge on any atom is 0.313 e. The summed E-state index contributed by atoms with van der Waals surface area (Å²) in [7, 11) is 1.30. The van der Waals surface area contributed by atoms with Gasteiger partial charge in [0.05, 0.1) is 25.0 Å². The number of anilines is 1. The molecular weight excluding hydrogens is 424 g/mol. The number of alkyl halides is 2. The SMILES string of the molecule is COc1ncc(NC(=O)C(=O)N2C[C@H](C)C(F)(F)C[C@H]2c2ccc(C)nc2)cc1C(N)=O. The number of ether oxygens (including phenoxy) is 1. The van der Waals surface area contributed by atoms with Crippen LogP contribution in [0.15, 0.2) is 30.6 Å². The number of likely N-dealkylation sites (tertiary alicyclic amines) is 1. The minimum Gasteiger partial charge on any atom is -0.480 e. The van der Waals surface area contributed by atoms with Gasteiger partial charge in [0.15, 0.2) is 0 Å². The number of primary amides is 1. The van der Waals surface area contributed by atoms with Crippen LogP contribution in [-0.2, 0) is 9.59 Å². The Morgan fingerprint density at radius 2 is 1.97 bits per heavy atom. The van der Waals surface area contributed by atoms with Gasteiger partial charge in [0.2, 0.25) is 5.88 Å². The van der Waals surface area contributed by atoms with E-state index in [1.54, 1.807) is 19.1 Å². The number of aryl methyl sites for hydroxylation is 1. The molecule has 3 N–H and O–H groups in total. The third-order valence-electron chi connectivity index (χ3n) is 5.38. The van der Waals surface area contributed by atoms with Crippen LogP contribution in [0.4, 0.5) is 14.5 Å². The van der Waals surface area contributed by atoms with Gasteiger partial charge in [-0.25, -0.2) is 13.8 Å². The molecule has 1 aliphatic heterocycles. The lowest BCUT2D eigenvalue weighted by Gasteiger charge is -2.42. The molecule has 0 unspecified atom stereocenters. The number of halogens is 2. The largest absolute Gasteiger partial charge is 0.480 e. The molecule has 1 aliphatic rings. The molecule has 2 aromatic heterocycles. The van der Waals surface area contributed by atoms with Gasteiger partial charge in [-0.2, -0.15) is 0 Å². The van der Waals surface area contributed by atoms with Gasteiger partial charge in [-0.1, -0.05) is 13.0 Å². The molecule has 11 heteroatoms. The molecule has 0 saturated carbocycles. The highest BCUT2D eigenvalue weighted by Crippen LogP contribution is 2.43. The number of nitrogens with one attached hydrogen (secondary N) is 1. The van der Waals surface area contributed by atoms with Gasteiger partial charge >= 0.3 is 11.8 Å². The number of carbonyl (C=O) groups excluding carboxylic acids is 3. The van der Waals surface area contributed by atoms with Crippen molar-refractivity contribution in [3.63, 3.8) is 0 Å². The number of nitrogens with zero attached hydrogens (tertiary/aromatic N) is 3. The minimum atomic E-state index is -3.01. The molecule has 32 heavy (non-hydrogen) atoms. The first kappa shape index (κ1) is 23.0. The third-order valence-corrected chi connectivity index (χ3v) is 5.38. The maximum absolute atomic E-state index is 14.5. The number of carbonyl (C=O) groups is 3. The molecule has 1 saturated heterocycles. The molecule has 2 atom stereocenters. The average Bonchev–Trinajstić information content (AvgIpc) is 2.75. The number of amides is 3. The summed E-state index contributed by atoms with van der Waals surface area (Å²) in [6.07, 6.45) is 1.98. The zero-order valence-corrected chi connectivity index (χ0v) is 17.8. The predicted molar refractivity (Wildman–Crippen MR) is 110 cm³/mol. The number of nitrogens with two attached hydrogens (primary N) is 1. The van der Waals surface area contributed by atoms with Crippen molar-refractivity contribution >= 4 is 23.4 Å². The first-order valence-electron chi connectivity index (χ1n) is 9.79. The number of piperidine rings is 1. The van der Waals surface area contributed by atoms with E-state index in [9.17, 15) is 23.2 Å². The normalized spacial score (nSPS) is 19.8. The van der Waals surface area contributed by atoms with E-state index < -0.39 is 42.0 Å². The Kier molecular flexibility index (Phi) is 6.37. The molecule has 9 nitrogen and oxygen atoms in total. The summed E-state index contributed by atoms with van der Waals surface area (Å²) < 4.78 is 33.9. The highest BCUT2D eigenvalue weighted by atomic mass is 19.3. The molecule has 2 aromatic rings. The molecule has 3 heterocycles. The first-order chi connectivity index (χ1) is 15.0. The second kappa shape index (κ2) is 8.85. The summed E-state index contributed by atoms with van der Waals surface area (Å²) in [5.41, 5.74) is 6.32. The lowest BCUT2D eigenvalue weighted by atomic mass is 9.87. The summed E-state index contributed by atoms with van der Waals surface area (Å²) in [6.45, 7) is 2.76. The van der Waals surface area contributed by atoms with Crippen LogP contribution in [0.5, 0.6) is 5.88 Å². The van der Waals surface area contributed by atoms with E-state index in [4.69, 9.17) is 10.5 Å². The second-order valence-electron chi connectivity index (χ2n) is 7.67. The molecule has 3 amide bonds. The Hall–Kier alpha value is -3.63. The number of hydrogen-bond donors (Lipinski definition) is 2. The van der Waals surface area contributed by atoms with Crippen molar-refractivity contribution in [2.45, 2.75) is 32.2 Å². The van der Waals surface area contributed by atoms with Crippen LogP contribution in [0.2, 0.25) is 0 Å². The van der Waals surface area contributed by atoms with E-state index in [2.05, 4.69) is 15.3 Å². The van der Waals surface area contributed by atoms with Crippen LogP contribution < -0.4 is 15.8 Å². The highest BCUT2D eigenvalue weighted by Gasteiger charge is 2.48. The summed E-state index contributed by atoms with van der Waals surface area (Å²) in [5, 5.41) is 2.34. The monoisotopic (exact) mass is 447 g/mol. The van der Waals surface area contributed by atoms with Crippen LogP contribution in [0.1, 0.15) is 41.0 Å². The lowest BCUT2D eigenvalue weighted by Crippen LogP contribution is -2.52. The fourth-order valence-electron chi connectivity index (χ4n) is 3.50. The van der Waals surface area contributed by atoms with Gasteiger partial charge in [-0.05, 0) is 24.6 Å². The highest BCUT2D eigenvalue weighted by molar-refractivity contribution is 6.39. The molecule has 3 rings (SSSR count). The van der Waals surface area contributed by atoms with Crippen LogP contribution >= 0.6 is 0 Å². The van der Waals surface area contributed by atoms with Crippen molar-refractivity contribution in [3.8, 4) is 5.88 Å². The van der Waals surface area contributed by atoms with Gasteiger partial charge in [-0.3, -0.25) is 19.4 Å². The molecule has 1 fully saturated rings. The average molecular weight is 447 g/mol. The van der Waals surface area contributed by atoms with Crippen molar-refractivity contribution in [3.05, 3.63) is 47.4 Å². The summed E-state index contributed by atoms with van der Waals surface area (Å²) >= 11 is 0. The van der Waals surface area contributed by atoms with Gasteiger partial charge in [0.1, 0.15) is 5.56 Å². The number of hydrogen-bond acceptors (Lipinski definition) is 6. The van der Waals surface area contributed by atoms with Crippen LogP contribution in [0.3, 0.4) is 0 Å². The fourth-order valence-corrected chi connectivity index (χ4v) is 3.50. The molecule has 170 valence electrons. The first-order valence-corrected chi connectivity index (χ1v) is 9.79. The van der Waals surface area contributed by atoms with Crippen LogP contribution in [0.25, 0.3) is 0 Å². The Balaban J connectivity index is 1.86. The lowest BCUT2D eigenvalue weighted by molar-refractivity contribution is -0.159.